The summed E-state index contributed by atoms with van der Waals surface area (Å²) in [6.07, 6.45) is 0. The van der Waals surface area contributed by atoms with Crippen LogP contribution in [-0.4, -0.2) is 23.2 Å². The number of sulfonamides is 1. The average molecular weight is 349 g/mol. The van der Waals surface area contributed by atoms with E-state index in [0.717, 1.165) is 0 Å². The van der Waals surface area contributed by atoms with Crippen LogP contribution in [0.1, 0.15) is 20.8 Å². The Kier molecular flexibility index (Phi) is 4.05. The van der Waals surface area contributed by atoms with E-state index in [1.807, 2.05) is 20.8 Å². The fourth-order valence-corrected chi connectivity index (χ4v) is 3.17. The zero-order chi connectivity index (χ0) is 16.0. The van der Waals surface area contributed by atoms with Crippen molar-refractivity contribution in [2.24, 2.45) is 5.14 Å². The maximum Gasteiger partial charge on any atom is 0.273 e. The van der Waals surface area contributed by atoms with Crippen molar-refractivity contribution in [3.8, 4) is 11.4 Å². The topological polar surface area (TPSA) is 90.9 Å². The highest BCUT2D eigenvalue weighted by atomic mass is 35.5. The van der Waals surface area contributed by atoms with Crippen LogP contribution in [0.4, 0.5) is 0 Å². The SMILES string of the molecule is CC(C)(C)n1c(-c2ccc(Cl)cc2Cl)nnc1S(N)(=O)=O. The second kappa shape index (κ2) is 5.24. The number of benzene rings is 1. The molecule has 0 aliphatic rings. The molecule has 0 saturated carbocycles. The Morgan fingerprint density at radius 2 is 1.81 bits per heavy atom. The summed E-state index contributed by atoms with van der Waals surface area (Å²) in [5.74, 6) is 0.313. The molecule has 1 aromatic heterocycles. The van der Waals surface area contributed by atoms with Crippen LogP contribution >= 0.6 is 23.2 Å². The van der Waals surface area contributed by atoms with E-state index in [1.54, 1.807) is 18.2 Å². The summed E-state index contributed by atoms with van der Waals surface area (Å²) in [7, 11) is -4.00. The number of halogens is 2. The van der Waals surface area contributed by atoms with Gasteiger partial charge in [0.2, 0.25) is 0 Å². The van der Waals surface area contributed by atoms with Crippen LogP contribution in [0.15, 0.2) is 23.4 Å². The maximum absolute atomic E-state index is 11.7. The first kappa shape index (κ1) is 16.2. The molecule has 0 saturated heterocycles. The van der Waals surface area contributed by atoms with Gasteiger partial charge < -0.3 is 0 Å². The molecule has 2 N–H and O–H groups in total. The smallest absolute Gasteiger partial charge is 0.273 e. The van der Waals surface area contributed by atoms with Gasteiger partial charge in [-0.05, 0) is 39.0 Å². The molecule has 114 valence electrons. The number of rotatable bonds is 2. The van der Waals surface area contributed by atoms with Gasteiger partial charge in [-0.15, -0.1) is 10.2 Å². The molecule has 6 nitrogen and oxygen atoms in total. The number of aromatic nitrogens is 3. The van der Waals surface area contributed by atoms with Gasteiger partial charge in [0.15, 0.2) is 5.82 Å². The fourth-order valence-electron chi connectivity index (χ4n) is 1.90. The van der Waals surface area contributed by atoms with Crippen molar-refractivity contribution in [1.82, 2.24) is 14.8 Å². The highest BCUT2D eigenvalue weighted by Gasteiger charge is 2.30. The van der Waals surface area contributed by atoms with Crippen molar-refractivity contribution in [3.05, 3.63) is 28.2 Å². The number of hydrogen-bond acceptors (Lipinski definition) is 4. The number of nitrogens with two attached hydrogens (primary N) is 1. The van der Waals surface area contributed by atoms with Crippen molar-refractivity contribution in [1.29, 1.82) is 0 Å². The molecule has 0 aliphatic carbocycles. The van der Waals surface area contributed by atoms with E-state index >= 15 is 0 Å². The van der Waals surface area contributed by atoms with E-state index in [4.69, 9.17) is 28.3 Å². The second-order valence-corrected chi connectivity index (χ2v) is 7.78. The third-order valence-corrected chi connectivity index (χ3v) is 4.05. The molecular formula is C12H14Cl2N4O2S. The summed E-state index contributed by atoms with van der Waals surface area (Å²) in [4.78, 5) is 0. The summed E-state index contributed by atoms with van der Waals surface area (Å²) >= 11 is 12.0. The second-order valence-electron chi connectivity index (χ2n) is 5.48. The van der Waals surface area contributed by atoms with E-state index in [0.29, 0.717) is 21.4 Å². The lowest BCUT2D eigenvalue weighted by Crippen LogP contribution is -2.29. The van der Waals surface area contributed by atoms with Crippen LogP contribution < -0.4 is 5.14 Å². The first-order valence-corrected chi connectivity index (χ1v) is 8.26. The Balaban J connectivity index is 2.80. The summed E-state index contributed by atoms with van der Waals surface area (Å²) in [6, 6.07) is 4.85. The van der Waals surface area contributed by atoms with Crippen LogP contribution in [0.2, 0.25) is 10.0 Å². The molecule has 0 fully saturated rings. The van der Waals surface area contributed by atoms with Gasteiger partial charge in [-0.2, -0.15) is 0 Å². The third-order valence-electron chi connectivity index (χ3n) is 2.73. The van der Waals surface area contributed by atoms with Crippen molar-refractivity contribution in [2.45, 2.75) is 31.5 Å². The van der Waals surface area contributed by atoms with Crippen LogP contribution in [0.25, 0.3) is 11.4 Å². The number of hydrogen-bond donors (Lipinski definition) is 1. The van der Waals surface area contributed by atoms with E-state index in [2.05, 4.69) is 10.2 Å². The first-order valence-electron chi connectivity index (χ1n) is 5.96. The van der Waals surface area contributed by atoms with E-state index in [1.165, 1.54) is 4.57 Å². The summed E-state index contributed by atoms with van der Waals surface area (Å²) in [5, 5.41) is 13.3. The van der Waals surface area contributed by atoms with Crippen LogP contribution in [-0.2, 0) is 15.6 Å². The minimum absolute atomic E-state index is 0.309. The van der Waals surface area contributed by atoms with Gasteiger partial charge in [-0.1, -0.05) is 23.2 Å². The fraction of sp³-hybridized carbons (Fsp3) is 0.333. The monoisotopic (exact) mass is 348 g/mol. The molecular weight excluding hydrogens is 335 g/mol. The molecule has 0 spiro atoms. The first-order chi connectivity index (χ1) is 9.51. The Bertz CT molecular complexity index is 794. The Morgan fingerprint density at radius 1 is 1.19 bits per heavy atom. The van der Waals surface area contributed by atoms with E-state index < -0.39 is 15.6 Å². The van der Waals surface area contributed by atoms with Crippen molar-refractivity contribution in [2.75, 3.05) is 0 Å². The van der Waals surface area contributed by atoms with E-state index in [9.17, 15) is 8.42 Å². The molecule has 2 aromatic rings. The zero-order valence-electron chi connectivity index (χ0n) is 11.6. The molecule has 0 bridgehead atoms. The Hall–Kier alpha value is -1.15. The summed E-state index contributed by atoms with van der Waals surface area (Å²) in [5.41, 5.74) is -0.0813. The largest absolute Gasteiger partial charge is 0.291 e. The van der Waals surface area contributed by atoms with Gasteiger partial charge >= 0.3 is 0 Å². The molecule has 21 heavy (non-hydrogen) atoms. The standard InChI is InChI=1S/C12H14Cl2N4O2S/c1-12(2,3)18-10(16-17-11(18)21(15,19)20)8-5-4-7(13)6-9(8)14/h4-6H,1-3H3,(H2,15,19,20). The van der Waals surface area contributed by atoms with Gasteiger partial charge in [0.05, 0.1) is 5.02 Å². The quantitative estimate of drug-likeness (QED) is 0.902. The predicted molar refractivity (Wildman–Crippen MR) is 81.8 cm³/mol. The zero-order valence-corrected chi connectivity index (χ0v) is 14.0. The highest BCUT2D eigenvalue weighted by Crippen LogP contribution is 2.33. The molecule has 1 aromatic carbocycles. The van der Waals surface area contributed by atoms with Crippen molar-refractivity contribution in [3.63, 3.8) is 0 Å². The van der Waals surface area contributed by atoms with Crippen LogP contribution in [0.3, 0.4) is 0 Å². The Morgan fingerprint density at radius 3 is 2.29 bits per heavy atom. The number of primary sulfonamides is 1. The van der Waals surface area contributed by atoms with Crippen molar-refractivity contribution < 1.29 is 8.42 Å². The minimum Gasteiger partial charge on any atom is -0.291 e. The molecule has 2 rings (SSSR count). The maximum atomic E-state index is 11.7. The van der Waals surface area contributed by atoms with Crippen LogP contribution in [0, 0.1) is 0 Å². The van der Waals surface area contributed by atoms with E-state index in [-0.39, 0.29) is 5.16 Å². The van der Waals surface area contributed by atoms with Gasteiger partial charge in [0, 0.05) is 16.1 Å². The molecule has 0 unspecified atom stereocenters. The normalized spacial score (nSPS) is 12.7. The molecule has 9 heteroatoms. The lowest BCUT2D eigenvalue weighted by molar-refractivity contribution is 0.366. The molecule has 0 atom stereocenters. The predicted octanol–water partition coefficient (Wildman–Crippen LogP) is 2.65. The van der Waals surface area contributed by atoms with Gasteiger partial charge in [0.1, 0.15) is 0 Å². The van der Waals surface area contributed by atoms with Crippen molar-refractivity contribution >= 4 is 33.2 Å². The number of nitrogens with zero attached hydrogens (tertiary/aromatic N) is 3. The highest BCUT2D eigenvalue weighted by molar-refractivity contribution is 7.89. The molecule has 1 heterocycles. The van der Waals surface area contributed by atoms with Gasteiger partial charge in [-0.25, -0.2) is 13.6 Å². The lowest BCUT2D eigenvalue weighted by Gasteiger charge is -2.24. The lowest BCUT2D eigenvalue weighted by atomic mass is 10.1. The summed E-state index contributed by atoms with van der Waals surface area (Å²) in [6.45, 7) is 5.45. The molecule has 0 radical (unpaired) electrons. The van der Waals surface area contributed by atoms with Gasteiger partial charge in [0.25, 0.3) is 15.2 Å². The molecule has 0 aliphatic heterocycles. The van der Waals surface area contributed by atoms with Crippen LogP contribution in [0.5, 0.6) is 0 Å². The average Bonchev–Trinajstić information content (AvgIpc) is 2.72. The molecule has 0 amide bonds. The van der Waals surface area contributed by atoms with Gasteiger partial charge in [-0.3, -0.25) is 4.57 Å². The summed E-state index contributed by atoms with van der Waals surface area (Å²) < 4.78 is 24.8. The third kappa shape index (κ3) is 3.21. The Labute approximate surface area is 132 Å². The minimum atomic E-state index is -4.00.